The van der Waals surface area contributed by atoms with Crippen molar-refractivity contribution >= 4 is 11.9 Å². The van der Waals surface area contributed by atoms with Gasteiger partial charge in [-0.3, -0.25) is 9.80 Å². The molecule has 28 heavy (non-hydrogen) atoms. The molecule has 0 bridgehead atoms. The van der Waals surface area contributed by atoms with Gasteiger partial charge in [0.2, 0.25) is 5.91 Å². The molecule has 2 rings (SSSR count). The van der Waals surface area contributed by atoms with Crippen LogP contribution in [0.5, 0.6) is 0 Å². The highest BCUT2D eigenvalue weighted by Crippen LogP contribution is 2.14. The average molecular weight is 389 g/mol. The Morgan fingerprint density at radius 3 is 2.71 bits per heavy atom. The van der Waals surface area contributed by atoms with E-state index in [1.165, 1.54) is 7.11 Å². The van der Waals surface area contributed by atoms with Gasteiger partial charge in [-0.25, -0.2) is 9.80 Å². The Balaban J connectivity index is 1.82. The van der Waals surface area contributed by atoms with Crippen molar-refractivity contribution in [1.29, 1.82) is 0 Å². The minimum Gasteiger partial charge on any atom is -0.465 e. The molecule has 154 valence electrons. The fourth-order valence-corrected chi connectivity index (χ4v) is 3.28. The van der Waals surface area contributed by atoms with Gasteiger partial charge in [-0.15, -0.1) is 0 Å². The lowest BCUT2D eigenvalue weighted by Gasteiger charge is -2.27. The molecular formula is C22H32N2O4. The van der Waals surface area contributed by atoms with Crippen molar-refractivity contribution in [2.45, 2.75) is 51.6 Å². The molecule has 1 aliphatic rings. The Morgan fingerprint density at radius 1 is 1.29 bits per heavy atom. The summed E-state index contributed by atoms with van der Waals surface area (Å²) in [7, 11) is 1.37. The lowest BCUT2D eigenvalue weighted by molar-refractivity contribution is -0.136. The zero-order valence-corrected chi connectivity index (χ0v) is 17.0. The number of aliphatic hydroxyl groups is 1. The van der Waals surface area contributed by atoms with E-state index in [4.69, 9.17) is 4.74 Å². The van der Waals surface area contributed by atoms with Gasteiger partial charge in [-0.05, 0) is 30.5 Å². The van der Waals surface area contributed by atoms with Gasteiger partial charge >= 0.3 is 5.97 Å². The number of ether oxygens (including phenoxy) is 1. The van der Waals surface area contributed by atoms with Crippen LogP contribution in [0.15, 0.2) is 36.4 Å². The number of amides is 1. The molecule has 0 spiro atoms. The summed E-state index contributed by atoms with van der Waals surface area (Å²) in [5.41, 5.74) is 1.64. The molecule has 6 nitrogen and oxygen atoms in total. The molecule has 0 radical (unpaired) electrons. The van der Waals surface area contributed by atoms with Crippen LogP contribution in [0.4, 0.5) is 0 Å². The van der Waals surface area contributed by atoms with Crippen LogP contribution in [0.25, 0.3) is 0 Å². The number of rotatable bonds is 11. The number of hydrogen-bond donors (Lipinski definition) is 1. The molecule has 0 aliphatic carbocycles. The van der Waals surface area contributed by atoms with E-state index >= 15 is 0 Å². The maximum Gasteiger partial charge on any atom is 0.337 e. The summed E-state index contributed by atoms with van der Waals surface area (Å²) in [6.07, 6.45) is 8.61. The number of benzene rings is 1. The second-order valence-corrected chi connectivity index (χ2v) is 7.11. The molecule has 1 aliphatic heterocycles. The Bertz CT molecular complexity index is 657. The van der Waals surface area contributed by atoms with Gasteiger partial charge in [0.15, 0.2) is 0 Å². The van der Waals surface area contributed by atoms with E-state index in [1.807, 2.05) is 18.2 Å². The second-order valence-electron chi connectivity index (χ2n) is 7.11. The van der Waals surface area contributed by atoms with Gasteiger partial charge in [-0.2, -0.15) is 0 Å². The van der Waals surface area contributed by atoms with Gasteiger partial charge in [0.25, 0.3) is 0 Å². The van der Waals surface area contributed by atoms with Gasteiger partial charge in [0, 0.05) is 19.5 Å². The van der Waals surface area contributed by atoms with E-state index in [2.05, 4.69) is 11.9 Å². The number of unbranched alkanes of at least 4 members (excludes halogenated alkanes) is 2. The Hall–Kier alpha value is -2.18. The van der Waals surface area contributed by atoms with E-state index in [1.54, 1.807) is 23.2 Å². The fourth-order valence-electron chi connectivity index (χ4n) is 3.28. The zero-order chi connectivity index (χ0) is 20.4. The topological polar surface area (TPSA) is 70.1 Å². The lowest BCUT2D eigenvalue weighted by atomic mass is 10.1. The Labute approximate surface area is 167 Å². The normalized spacial score (nSPS) is 16.1. The molecule has 1 aromatic carbocycles. The third-order valence-corrected chi connectivity index (χ3v) is 4.99. The minimum atomic E-state index is -0.439. The van der Waals surface area contributed by atoms with Crippen LogP contribution in [0.2, 0.25) is 0 Å². The number of methoxy groups -OCH3 is 1. The van der Waals surface area contributed by atoms with Crippen molar-refractivity contribution in [2.75, 3.05) is 26.7 Å². The maximum absolute atomic E-state index is 12.2. The predicted molar refractivity (Wildman–Crippen MR) is 109 cm³/mol. The number of carbonyl (C=O) groups excluding carboxylic acids is 2. The Kier molecular flexibility index (Phi) is 9.17. The number of esters is 1. The standard InChI is InChI=1S/C22H32N2O4/c1-3-4-5-7-20(25)8-6-15-24-21(26)14-17-23(24)16-13-18-9-11-19(12-10-18)22(27)28-2/h6,8-12,20,25H,3-5,7,13-17H2,1-2H3/b8-6-/t20-/m0/s1. The zero-order valence-electron chi connectivity index (χ0n) is 17.0. The third-order valence-electron chi connectivity index (χ3n) is 4.99. The molecule has 0 saturated carbocycles. The maximum atomic E-state index is 12.2. The monoisotopic (exact) mass is 388 g/mol. The summed E-state index contributed by atoms with van der Waals surface area (Å²) in [5, 5.41) is 13.8. The van der Waals surface area contributed by atoms with Gasteiger partial charge in [-0.1, -0.05) is 50.5 Å². The molecule has 1 saturated heterocycles. The smallest absolute Gasteiger partial charge is 0.337 e. The van der Waals surface area contributed by atoms with Crippen molar-refractivity contribution in [1.82, 2.24) is 10.0 Å². The number of nitrogens with zero attached hydrogens (tertiary/aromatic N) is 2. The first kappa shape index (κ1) is 22.1. The highest BCUT2D eigenvalue weighted by Gasteiger charge is 2.27. The highest BCUT2D eigenvalue weighted by atomic mass is 16.5. The molecule has 1 heterocycles. The van der Waals surface area contributed by atoms with E-state index in [0.29, 0.717) is 25.1 Å². The van der Waals surface area contributed by atoms with Crippen molar-refractivity contribution in [3.05, 3.63) is 47.5 Å². The van der Waals surface area contributed by atoms with Crippen LogP contribution in [0, 0.1) is 0 Å². The summed E-state index contributed by atoms with van der Waals surface area (Å²) >= 11 is 0. The van der Waals surface area contributed by atoms with E-state index < -0.39 is 6.10 Å². The van der Waals surface area contributed by atoms with Crippen LogP contribution in [-0.2, 0) is 16.0 Å². The molecule has 1 aromatic rings. The van der Waals surface area contributed by atoms with Crippen LogP contribution < -0.4 is 0 Å². The Morgan fingerprint density at radius 2 is 2.04 bits per heavy atom. The van der Waals surface area contributed by atoms with Crippen molar-refractivity contribution in [3.8, 4) is 0 Å². The lowest BCUT2D eigenvalue weighted by Crippen LogP contribution is -2.40. The van der Waals surface area contributed by atoms with Crippen LogP contribution in [0.1, 0.15) is 54.9 Å². The molecule has 1 atom stereocenters. The van der Waals surface area contributed by atoms with Crippen LogP contribution in [0.3, 0.4) is 0 Å². The summed E-state index contributed by atoms with van der Waals surface area (Å²) < 4.78 is 4.71. The van der Waals surface area contributed by atoms with E-state index in [0.717, 1.165) is 44.2 Å². The number of carbonyl (C=O) groups is 2. The third kappa shape index (κ3) is 6.77. The summed E-state index contributed by atoms with van der Waals surface area (Å²) in [6.45, 7) is 4.08. The van der Waals surface area contributed by atoms with Gasteiger partial charge < -0.3 is 9.84 Å². The quantitative estimate of drug-likeness (QED) is 0.359. The first-order valence-electron chi connectivity index (χ1n) is 10.1. The van der Waals surface area contributed by atoms with Crippen molar-refractivity contribution in [2.24, 2.45) is 0 Å². The summed E-state index contributed by atoms with van der Waals surface area (Å²) in [5.74, 6) is -0.224. The number of hydrogen-bond acceptors (Lipinski definition) is 5. The molecular weight excluding hydrogens is 356 g/mol. The summed E-state index contributed by atoms with van der Waals surface area (Å²) in [4.78, 5) is 23.7. The minimum absolute atomic E-state index is 0.117. The van der Waals surface area contributed by atoms with E-state index in [9.17, 15) is 14.7 Å². The van der Waals surface area contributed by atoms with E-state index in [-0.39, 0.29) is 11.9 Å². The molecule has 6 heteroatoms. The first-order valence-corrected chi connectivity index (χ1v) is 10.1. The van der Waals surface area contributed by atoms with Crippen LogP contribution in [-0.4, -0.2) is 59.8 Å². The van der Waals surface area contributed by atoms with Crippen molar-refractivity contribution < 1.29 is 19.4 Å². The van der Waals surface area contributed by atoms with Crippen molar-refractivity contribution in [3.63, 3.8) is 0 Å². The molecule has 0 aromatic heterocycles. The second kappa shape index (κ2) is 11.6. The first-order chi connectivity index (χ1) is 13.5. The van der Waals surface area contributed by atoms with Gasteiger partial charge in [0.1, 0.15) is 0 Å². The SMILES string of the molecule is CCCCC[C@H](O)/C=C\CN1C(=O)CCN1CCc1ccc(C(=O)OC)cc1. The largest absolute Gasteiger partial charge is 0.465 e. The average Bonchev–Trinajstić information content (AvgIpc) is 3.06. The summed E-state index contributed by atoms with van der Waals surface area (Å²) in [6, 6.07) is 7.36. The molecule has 1 N–H and O–H groups in total. The molecule has 0 unspecified atom stereocenters. The number of hydrazine groups is 1. The highest BCUT2D eigenvalue weighted by molar-refractivity contribution is 5.89. The molecule has 1 fully saturated rings. The predicted octanol–water partition coefficient (Wildman–Crippen LogP) is 2.96. The van der Waals surface area contributed by atoms with Gasteiger partial charge in [0.05, 0.1) is 25.3 Å². The van der Waals surface area contributed by atoms with Crippen LogP contribution >= 0.6 is 0 Å². The number of aliphatic hydroxyl groups excluding tert-OH is 1. The molecule has 1 amide bonds. The fraction of sp³-hybridized carbons (Fsp3) is 0.545.